The van der Waals surface area contributed by atoms with Crippen molar-refractivity contribution in [2.45, 2.75) is 6.61 Å². The van der Waals surface area contributed by atoms with Gasteiger partial charge in [0.25, 0.3) is 5.91 Å². The third-order valence-electron chi connectivity index (χ3n) is 5.10. The highest BCUT2D eigenvalue weighted by molar-refractivity contribution is 5.92. The van der Waals surface area contributed by atoms with Gasteiger partial charge in [0.1, 0.15) is 18.1 Å². The fourth-order valence-corrected chi connectivity index (χ4v) is 3.42. The molecule has 1 aliphatic heterocycles. The lowest BCUT2D eigenvalue weighted by molar-refractivity contribution is 0.0740. The predicted molar refractivity (Wildman–Crippen MR) is 112 cm³/mol. The summed E-state index contributed by atoms with van der Waals surface area (Å²) in [5.74, 6) is -0.315. The number of amides is 1. The lowest BCUT2D eigenvalue weighted by Gasteiger charge is -2.36. The average Bonchev–Trinajstić information content (AvgIpc) is 2.79. The number of piperazine rings is 1. The molecule has 30 heavy (non-hydrogen) atoms. The SMILES string of the molecule is O=C(c1cc(=O)c(OCc2ccccc2)c[nH]1)N1CCN(c2ccc(F)cc2)CC1. The summed E-state index contributed by atoms with van der Waals surface area (Å²) < 4.78 is 18.7. The zero-order valence-electron chi connectivity index (χ0n) is 16.4. The van der Waals surface area contributed by atoms with Crippen molar-refractivity contribution in [3.05, 3.63) is 94.2 Å². The molecule has 2 heterocycles. The smallest absolute Gasteiger partial charge is 0.270 e. The fourth-order valence-electron chi connectivity index (χ4n) is 3.42. The molecule has 0 unspecified atom stereocenters. The molecule has 1 saturated heterocycles. The minimum absolute atomic E-state index is 0.177. The van der Waals surface area contributed by atoms with Crippen LogP contribution >= 0.6 is 0 Å². The Kier molecular flexibility index (Phi) is 5.79. The van der Waals surface area contributed by atoms with Crippen molar-refractivity contribution in [1.29, 1.82) is 0 Å². The number of carbonyl (C=O) groups excluding carboxylic acids is 1. The molecule has 0 spiro atoms. The molecule has 0 bridgehead atoms. The topological polar surface area (TPSA) is 65.6 Å². The van der Waals surface area contributed by atoms with Crippen LogP contribution < -0.4 is 15.1 Å². The van der Waals surface area contributed by atoms with E-state index in [-0.39, 0.29) is 35.2 Å². The lowest BCUT2D eigenvalue weighted by atomic mass is 10.2. The third-order valence-corrected chi connectivity index (χ3v) is 5.10. The van der Waals surface area contributed by atoms with Gasteiger partial charge in [0.15, 0.2) is 5.75 Å². The molecule has 0 saturated carbocycles. The number of aromatic amines is 1. The van der Waals surface area contributed by atoms with Gasteiger partial charge in [-0.05, 0) is 29.8 Å². The van der Waals surface area contributed by atoms with E-state index < -0.39 is 0 Å². The van der Waals surface area contributed by atoms with Gasteiger partial charge in [0.05, 0.1) is 0 Å². The second-order valence-corrected chi connectivity index (χ2v) is 7.11. The highest BCUT2D eigenvalue weighted by atomic mass is 19.1. The van der Waals surface area contributed by atoms with Crippen molar-refractivity contribution in [2.75, 3.05) is 31.1 Å². The van der Waals surface area contributed by atoms with Crippen molar-refractivity contribution in [1.82, 2.24) is 9.88 Å². The molecule has 2 aromatic carbocycles. The lowest BCUT2D eigenvalue weighted by Crippen LogP contribution is -2.49. The van der Waals surface area contributed by atoms with Gasteiger partial charge in [0.2, 0.25) is 5.43 Å². The van der Waals surface area contributed by atoms with Crippen LogP contribution in [0.15, 0.2) is 71.7 Å². The zero-order chi connectivity index (χ0) is 20.9. The number of ether oxygens (including phenoxy) is 1. The van der Waals surface area contributed by atoms with Gasteiger partial charge in [-0.1, -0.05) is 30.3 Å². The van der Waals surface area contributed by atoms with Crippen LogP contribution in [-0.4, -0.2) is 42.0 Å². The van der Waals surface area contributed by atoms with E-state index in [9.17, 15) is 14.0 Å². The Balaban J connectivity index is 1.36. The normalized spacial score (nSPS) is 13.9. The maximum Gasteiger partial charge on any atom is 0.270 e. The van der Waals surface area contributed by atoms with Crippen LogP contribution in [0, 0.1) is 5.82 Å². The Morgan fingerprint density at radius 2 is 1.70 bits per heavy atom. The first-order valence-electron chi connectivity index (χ1n) is 9.79. The van der Waals surface area contributed by atoms with E-state index >= 15 is 0 Å². The van der Waals surface area contributed by atoms with E-state index in [1.54, 1.807) is 17.0 Å². The molecule has 1 aliphatic rings. The quantitative estimate of drug-likeness (QED) is 0.706. The second kappa shape index (κ2) is 8.82. The Morgan fingerprint density at radius 3 is 2.37 bits per heavy atom. The first-order chi connectivity index (χ1) is 14.6. The van der Waals surface area contributed by atoms with Gasteiger partial charge in [-0.2, -0.15) is 0 Å². The van der Waals surface area contributed by atoms with Gasteiger partial charge in [-0.25, -0.2) is 4.39 Å². The molecule has 1 N–H and O–H groups in total. The van der Waals surface area contributed by atoms with Crippen LogP contribution in [0.2, 0.25) is 0 Å². The van der Waals surface area contributed by atoms with E-state index in [1.165, 1.54) is 24.4 Å². The molecule has 154 valence electrons. The minimum Gasteiger partial charge on any atom is -0.483 e. The Labute approximate surface area is 173 Å². The van der Waals surface area contributed by atoms with Crippen LogP contribution in [0.4, 0.5) is 10.1 Å². The maximum atomic E-state index is 13.1. The molecule has 0 atom stereocenters. The Bertz CT molecular complexity index is 1060. The molecule has 0 radical (unpaired) electrons. The summed E-state index contributed by atoms with van der Waals surface area (Å²) in [5, 5.41) is 0. The van der Waals surface area contributed by atoms with Gasteiger partial charge >= 0.3 is 0 Å². The number of nitrogens with zero attached hydrogens (tertiary/aromatic N) is 2. The average molecular weight is 407 g/mol. The van der Waals surface area contributed by atoms with E-state index in [1.807, 2.05) is 30.3 Å². The number of aromatic nitrogens is 1. The third kappa shape index (κ3) is 4.51. The molecule has 4 rings (SSSR count). The number of pyridine rings is 1. The molecule has 1 amide bonds. The number of anilines is 1. The number of benzene rings is 2. The van der Waals surface area contributed by atoms with Crippen LogP contribution in [-0.2, 0) is 6.61 Å². The Hall–Kier alpha value is -3.61. The Morgan fingerprint density at radius 1 is 1.00 bits per heavy atom. The van der Waals surface area contributed by atoms with Crippen LogP contribution in [0.5, 0.6) is 5.75 Å². The first-order valence-corrected chi connectivity index (χ1v) is 9.79. The van der Waals surface area contributed by atoms with Gasteiger partial charge < -0.3 is 19.5 Å². The summed E-state index contributed by atoms with van der Waals surface area (Å²) in [6.45, 7) is 2.59. The molecular formula is C23H22FN3O3. The van der Waals surface area contributed by atoms with Gasteiger partial charge in [-0.15, -0.1) is 0 Å². The van der Waals surface area contributed by atoms with E-state index in [2.05, 4.69) is 9.88 Å². The number of nitrogens with one attached hydrogen (secondary N) is 1. The van der Waals surface area contributed by atoms with Crippen LogP contribution in [0.25, 0.3) is 0 Å². The molecule has 6 nitrogen and oxygen atoms in total. The number of halogens is 1. The van der Waals surface area contributed by atoms with Crippen molar-refractivity contribution >= 4 is 11.6 Å². The van der Waals surface area contributed by atoms with Crippen molar-refractivity contribution in [3.63, 3.8) is 0 Å². The van der Waals surface area contributed by atoms with Gasteiger partial charge in [-0.3, -0.25) is 9.59 Å². The second-order valence-electron chi connectivity index (χ2n) is 7.11. The monoisotopic (exact) mass is 407 g/mol. The van der Waals surface area contributed by atoms with Crippen molar-refractivity contribution in [3.8, 4) is 5.75 Å². The zero-order valence-corrected chi connectivity index (χ0v) is 16.4. The van der Waals surface area contributed by atoms with Crippen molar-refractivity contribution in [2.24, 2.45) is 0 Å². The summed E-state index contributed by atoms with van der Waals surface area (Å²) in [5.41, 5.74) is 1.79. The fraction of sp³-hybridized carbons (Fsp3) is 0.217. The highest BCUT2D eigenvalue weighted by Gasteiger charge is 2.23. The largest absolute Gasteiger partial charge is 0.483 e. The summed E-state index contributed by atoms with van der Waals surface area (Å²) in [4.78, 5) is 31.8. The molecule has 1 fully saturated rings. The molecule has 3 aromatic rings. The van der Waals surface area contributed by atoms with Crippen LogP contribution in [0.3, 0.4) is 0 Å². The maximum absolute atomic E-state index is 13.1. The highest BCUT2D eigenvalue weighted by Crippen LogP contribution is 2.18. The number of carbonyl (C=O) groups is 1. The van der Waals surface area contributed by atoms with E-state index in [0.29, 0.717) is 26.2 Å². The number of hydrogen-bond acceptors (Lipinski definition) is 4. The van der Waals surface area contributed by atoms with Crippen molar-refractivity contribution < 1.29 is 13.9 Å². The predicted octanol–water partition coefficient (Wildman–Crippen LogP) is 3.06. The summed E-state index contributed by atoms with van der Waals surface area (Å²) >= 11 is 0. The van der Waals surface area contributed by atoms with Gasteiger partial charge in [0, 0.05) is 44.1 Å². The molecule has 7 heteroatoms. The first kappa shape index (κ1) is 19.7. The molecule has 0 aliphatic carbocycles. The summed E-state index contributed by atoms with van der Waals surface area (Å²) in [6, 6.07) is 17.2. The van der Waals surface area contributed by atoms with E-state index in [0.717, 1.165) is 11.3 Å². The minimum atomic E-state index is -0.335. The van der Waals surface area contributed by atoms with E-state index in [4.69, 9.17) is 4.74 Å². The molecular weight excluding hydrogens is 385 g/mol. The number of hydrogen-bond donors (Lipinski definition) is 1. The summed E-state index contributed by atoms with van der Waals surface area (Å²) in [6.07, 6.45) is 1.44. The van der Waals surface area contributed by atoms with Crippen LogP contribution in [0.1, 0.15) is 16.1 Å². The summed E-state index contributed by atoms with van der Waals surface area (Å²) in [7, 11) is 0. The number of H-pyrrole nitrogens is 1. The standard InChI is InChI=1S/C23H22FN3O3/c24-18-6-8-19(9-7-18)26-10-12-27(13-11-26)23(29)20-14-21(28)22(15-25-20)30-16-17-4-2-1-3-5-17/h1-9,14-15H,10-13,16H2,(H,25,28). The number of rotatable bonds is 5. The molecule has 1 aromatic heterocycles.